The average molecular weight is 321 g/mol. The fourth-order valence-corrected chi connectivity index (χ4v) is 2.94. The molecule has 0 amide bonds. The normalized spacial score (nSPS) is 21.4. The van der Waals surface area contributed by atoms with E-state index in [4.69, 9.17) is 17.0 Å². The number of aromatic nitrogens is 2. The molecule has 1 aliphatic heterocycles. The topological polar surface area (TPSA) is 62.3 Å². The number of anilines is 2. The SMILES string of the molecule is COc1cc(N2CCC[C@@H](C)C2)nc(NC(=S)NC2CC2)n1. The molecule has 1 aromatic heterocycles. The van der Waals surface area contributed by atoms with Crippen molar-refractivity contribution in [1.82, 2.24) is 15.3 Å². The zero-order valence-electron chi connectivity index (χ0n) is 13.1. The molecule has 1 aromatic rings. The minimum atomic E-state index is 0.491. The molecule has 22 heavy (non-hydrogen) atoms. The van der Waals surface area contributed by atoms with Gasteiger partial charge in [0.2, 0.25) is 11.8 Å². The van der Waals surface area contributed by atoms with Crippen LogP contribution in [0.5, 0.6) is 5.88 Å². The van der Waals surface area contributed by atoms with Crippen molar-refractivity contribution in [3.8, 4) is 5.88 Å². The molecule has 1 aliphatic carbocycles. The minimum absolute atomic E-state index is 0.491. The van der Waals surface area contributed by atoms with E-state index in [1.807, 2.05) is 6.07 Å². The van der Waals surface area contributed by atoms with Crippen molar-refractivity contribution in [1.29, 1.82) is 0 Å². The van der Waals surface area contributed by atoms with Crippen LogP contribution >= 0.6 is 12.2 Å². The van der Waals surface area contributed by atoms with Crippen LogP contribution in [0.4, 0.5) is 11.8 Å². The predicted molar refractivity (Wildman–Crippen MR) is 91.6 cm³/mol. The van der Waals surface area contributed by atoms with E-state index >= 15 is 0 Å². The van der Waals surface area contributed by atoms with Crippen LogP contribution < -0.4 is 20.3 Å². The lowest BCUT2D eigenvalue weighted by molar-refractivity contribution is 0.396. The van der Waals surface area contributed by atoms with Crippen LogP contribution in [0, 0.1) is 5.92 Å². The van der Waals surface area contributed by atoms with Gasteiger partial charge in [0.1, 0.15) is 5.82 Å². The summed E-state index contributed by atoms with van der Waals surface area (Å²) in [6.45, 7) is 4.32. The van der Waals surface area contributed by atoms with Crippen LogP contribution in [0.25, 0.3) is 0 Å². The number of piperidine rings is 1. The molecule has 2 aliphatic rings. The fraction of sp³-hybridized carbons (Fsp3) is 0.667. The molecule has 1 atom stereocenters. The second-order valence-corrected chi connectivity index (χ2v) is 6.57. The van der Waals surface area contributed by atoms with Crippen molar-refractivity contribution in [3.63, 3.8) is 0 Å². The highest BCUT2D eigenvalue weighted by Crippen LogP contribution is 2.25. The summed E-state index contributed by atoms with van der Waals surface area (Å²) < 4.78 is 5.31. The molecule has 1 saturated carbocycles. The zero-order valence-corrected chi connectivity index (χ0v) is 13.9. The van der Waals surface area contributed by atoms with Crippen LogP contribution in [0.2, 0.25) is 0 Å². The first-order chi connectivity index (χ1) is 10.6. The number of nitrogens with one attached hydrogen (secondary N) is 2. The molecule has 0 unspecified atom stereocenters. The lowest BCUT2D eigenvalue weighted by atomic mass is 10.0. The van der Waals surface area contributed by atoms with Gasteiger partial charge in [0.15, 0.2) is 5.11 Å². The molecule has 0 aromatic carbocycles. The third-order valence-corrected chi connectivity index (χ3v) is 4.24. The van der Waals surface area contributed by atoms with Gasteiger partial charge in [0, 0.05) is 25.2 Å². The molecule has 120 valence electrons. The maximum atomic E-state index is 5.31. The number of thiocarbonyl (C=S) groups is 1. The Morgan fingerprint density at radius 2 is 2.18 bits per heavy atom. The lowest BCUT2D eigenvalue weighted by Crippen LogP contribution is -2.35. The zero-order chi connectivity index (χ0) is 15.5. The predicted octanol–water partition coefficient (Wildman–Crippen LogP) is 2.17. The van der Waals surface area contributed by atoms with Gasteiger partial charge in [-0.05, 0) is 43.8 Å². The smallest absolute Gasteiger partial charge is 0.234 e. The summed E-state index contributed by atoms with van der Waals surface area (Å²) in [6.07, 6.45) is 4.83. The maximum absolute atomic E-state index is 5.31. The summed E-state index contributed by atoms with van der Waals surface area (Å²) in [6, 6.07) is 2.40. The molecular weight excluding hydrogens is 298 g/mol. The van der Waals surface area contributed by atoms with E-state index in [1.54, 1.807) is 7.11 Å². The first-order valence-electron chi connectivity index (χ1n) is 7.89. The molecule has 0 radical (unpaired) electrons. The quantitative estimate of drug-likeness (QED) is 0.824. The highest BCUT2D eigenvalue weighted by atomic mass is 32.1. The summed E-state index contributed by atoms with van der Waals surface area (Å²) in [5, 5.41) is 6.88. The molecule has 3 rings (SSSR count). The Hall–Kier alpha value is -1.63. The summed E-state index contributed by atoms with van der Waals surface area (Å²) >= 11 is 5.29. The Morgan fingerprint density at radius 1 is 1.36 bits per heavy atom. The van der Waals surface area contributed by atoms with Crippen LogP contribution in [-0.4, -0.2) is 41.3 Å². The van der Waals surface area contributed by atoms with Gasteiger partial charge in [0.05, 0.1) is 7.11 Å². The third-order valence-electron chi connectivity index (χ3n) is 4.02. The van der Waals surface area contributed by atoms with E-state index < -0.39 is 0 Å². The molecule has 2 fully saturated rings. The second kappa shape index (κ2) is 6.64. The Morgan fingerprint density at radius 3 is 2.86 bits per heavy atom. The highest BCUT2D eigenvalue weighted by Gasteiger charge is 2.23. The monoisotopic (exact) mass is 321 g/mol. The van der Waals surface area contributed by atoms with E-state index in [1.165, 1.54) is 25.7 Å². The van der Waals surface area contributed by atoms with E-state index in [2.05, 4.69) is 32.4 Å². The van der Waals surface area contributed by atoms with Crippen molar-refractivity contribution in [2.45, 2.75) is 38.6 Å². The Kier molecular flexibility index (Phi) is 4.61. The molecule has 2 heterocycles. The number of methoxy groups -OCH3 is 1. The van der Waals surface area contributed by atoms with Crippen LogP contribution in [0.15, 0.2) is 6.07 Å². The van der Waals surface area contributed by atoms with Crippen LogP contribution in [0.1, 0.15) is 32.6 Å². The average Bonchev–Trinajstić information content (AvgIpc) is 3.30. The largest absolute Gasteiger partial charge is 0.481 e. The van der Waals surface area contributed by atoms with Crippen molar-refractivity contribution in [2.75, 3.05) is 30.4 Å². The molecule has 0 spiro atoms. The molecular formula is C15H23N5OS. The number of rotatable bonds is 4. The van der Waals surface area contributed by atoms with E-state index in [0.717, 1.165) is 18.9 Å². The Bertz CT molecular complexity index is 549. The summed E-state index contributed by atoms with van der Waals surface area (Å²) in [5.74, 6) is 2.63. The van der Waals surface area contributed by atoms with Gasteiger partial charge < -0.3 is 20.3 Å². The molecule has 6 nitrogen and oxygen atoms in total. The van der Waals surface area contributed by atoms with Gasteiger partial charge in [-0.1, -0.05) is 6.92 Å². The third kappa shape index (κ3) is 3.97. The molecule has 2 N–H and O–H groups in total. The standard InChI is InChI=1S/C15H23N5OS/c1-10-4-3-7-20(9-10)12-8-13(21-2)18-14(17-12)19-15(22)16-11-5-6-11/h8,10-11H,3-7,9H2,1-2H3,(H2,16,17,18,19,22)/t10-/m1/s1. The van der Waals surface area contributed by atoms with E-state index in [0.29, 0.717) is 28.9 Å². The second-order valence-electron chi connectivity index (χ2n) is 6.16. The molecule has 1 saturated heterocycles. The van der Waals surface area contributed by atoms with Crippen molar-refractivity contribution in [2.24, 2.45) is 5.92 Å². The first-order valence-corrected chi connectivity index (χ1v) is 8.30. The number of ether oxygens (including phenoxy) is 1. The van der Waals surface area contributed by atoms with Crippen molar-refractivity contribution in [3.05, 3.63) is 6.07 Å². The Balaban J connectivity index is 1.74. The highest BCUT2D eigenvalue weighted by molar-refractivity contribution is 7.80. The summed E-state index contributed by atoms with van der Waals surface area (Å²) in [4.78, 5) is 11.2. The Labute approximate surface area is 136 Å². The molecule has 7 heteroatoms. The van der Waals surface area contributed by atoms with Gasteiger partial charge in [-0.15, -0.1) is 0 Å². The van der Waals surface area contributed by atoms with Gasteiger partial charge in [-0.2, -0.15) is 9.97 Å². The fourth-order valence-electron chi connectivity index (χ4n) is 2.68. The van der Waals surface area contributed by atoms with E-state index in [-0.39, 0.29) is 0 Å². The van der Waals surface area contributed by atoms with Crippen LogP contribution in [0.3, 0.4) is 0 Å². The van der Waals surface area contributed by atoms with Crippen molar-refractivity contribution >= 4 is 29.1 Å². The summed E-state index contributed by atoms with van der Waals surface area (Å²) in [7, 11) is 1.62. The minimum Gasteiger partial charge on any atom is -0.481 e. The van der Waals surface area contributed by atoms with Crippen molar-refractivity contribution < 1.29 is 4.74 Å². The van der Waals surface area contributed by atoms with Crippen LogP contribution in [-0.2, 0) is 0 Å². The summed E-state index contributed by atoms with van der Waals surface area (Å²) in [5.41, 5.74) is 0. The van der Waals surface area contributed by atoms with Gasteiger partial charge in [-0.25, -0.2) is 0 Å². The number of hydrogen-bond donors (Lipinski definition) is 2. The number of hydrogen-bond acceptors (Lipinski definition) is 5. The van der Waals surface area contributed by atoms with E-state index in [9.17, 15) is 0 Å². The first kappa shape index (κ1) is 15.3. The molecule has 0 bridgehead atoms. The lowest BCUT2D eigenvalue weighted by Gasteiger charge is -2.32. The van der Waals surface area contributed by atoms with Gasteiger partial charge >= 0.3 is 0 Å². The van der Waals surface area contributed by atoms with Gasteiger partial charge in [-0.3, -0.25) is 0 Å². The van der Waals surface area contributed by atoms with Gasteiger partial charge in [0.25, 0.3) is 0 Å². The number of nitrogens with zero attached hydrogens (tertiary/aromatic N) is 3. The maximum Gasteiger partial charge on any atom is 0.234 e.